The molecule has 0 unspecified atom stereocenters. The number of aliphatic carboxylic acids is 1. The number of rotatable bonds is 9. The van der Waals surface area contributed by atoms with Crippen molar-refractivity contribution in [1.29, 1.82) is 0 Å². The molecular weight excluding hydrogens is 314 g/mol. The van der Waals surface area contributed by atoms with Crippen molar-refractivity contribution < 1.29 is 19.4 Å². The average Bonchev–Trinajstić information content (AvgIpc) is 2.29. The fourth-order valence-electron chi connectivity index (χ4n) is 1.55. The van der Waals surface area contributed by atoms with Gasteiger partial charge in [-0.05, 0) is 6.42 Å². The molecule has 0 aliphatic heterocycles. The van der Waals surface area contributed by atoms with Crippen LogP contribution in [0, 0.1) is 5.92 Å². The van der Waals surface area contributed by atoms with E-state index < -0.39 is 21.6 Å². The van der Waals surface area contributed by atoms with Crippen LogP contribution in [-0.2, 0) is 14.3 Å². The zero-order valence-corrected chi connectivity index (χ0v) is 13.1. The normalized spacial score (nSPS) is 13.1. The van der Waals surface area contributed by atoms with Crippen LogP contribution in [0.4, 0.5) is 0 Å². The van der Waals surface area contributed by atoms with Crippen LogP contribution in [-0.4, -0.2) is 27.4 Å². The molecule has 7 heteroatoms. The molecule has 112 valence electrons. The molecule has 19 heavy (non-hydrogen) atoms. The molecule has 1 N–H and O–H groups in total. The van der Waals surface area contributed by atoms with Crippen molar-refractivity contribution >= 4 is 46.7 Å². The van der Waals surface area contributed by atoms with E-state index in [1.165, 1.54) is 0 Å². The molecule has 1 atom stereocenters. The van der Waals surface area contributed by atoms with Crippen LogP contribution >= 0.6 is 34.8 Å². The topological polar surface area (TPSA) is 63.6 Å². The van der Waals surface area contributed by atoms with Gasteiger partial charge in [0.25, 0.3) is 0 Å². The van der Waals surface area contributed by atoms with Crippen LogP contribution in [0.2, 0.25) is 0 Å². The number of hydrogen-bond acceptors (Lipinski definition) is 3. The Labute approximate surface area is 128 Å². The lowest BCUT2D eigenvalue weighted by Gasteiger charge is -2.14. The maximum absolute atomic E-state index is 11.4. The lowest BCUT2D eigenvalue weighted by atomic mass is 9.98. The number of carboxylic acid groups (broad SMARTS) is 1. The van der Waals surface area contributed by atoms with Crippen LogP contribution < -0.4 is 0 Å². The van der Waals surface area contributed by atoms with E-state index in [4.69, 9.17) is 44.6 Å². The van der Waals surface area contributed by atoms with Gasteiger partial charge in [0.15, 0.2) is 0 Å². The highest BCUT2D eigenvalue weighted by molar-refractivity contribution is 6.67. The summed E-state index contributed by atoms with van der Waals surface area (Å²) in [5.41, 5.74) is 0. The van der Waals surface area contributed by atoms with Crippen LogP contribution in [0.5, 0.6) is 0 Å². The summed E-state index contributed by atoms with van der Waals surface area (Å²) < 4.78 is 3.05. The minimum atomic E-state index is -1.67. The van der Waals surface area contributed by atoms with E-state index in [1.807, 2.05) is 0 Å². The number of alkyl halides is 3. The Bertz CT molecular complexity index is 289. The minimum absolute atomic E-state index is 0.192. The van der Waals surface area contributed by atoms with Crippen molar-refractivity contribution in [3.05, 3.63) is 0 Å². The van der Waals surface area contributed by atoms with Crippen molar-refractivity contribution in [3.63, 3.8) is 0 Å². The Balaban J connectivity index is 4.05. The molecule has 0 radical (unpaired) electrons. The Morgan fingerprint density at radius 3 is 2.32 bits per heavy atom. The maximum atomic E-state index is 11.4. The summed E-state index contributed by atoms with van der Waals surface area (Å²) >= 11 is 16.3. The van der Waals surface area contributed by atoms with Gasteiger partial charge in [-0.3, -0.25) is 9.59 Å². The molecule has 0 aliphatic carbocycles. The largest absolute Gasteiger partial charge is 0.481 e. The maximum Gasteiger partial charge on any atom is 0.307 e. The van der Waals surface area contributed by atoms with E-state index in [2.05, 4.69) is 6.92 Å². The van der Waals surface area contributed by atoms with Gasteiger partial charge in [0.2, 0.25) is 3.79 Å². The van der Waals surface area contributed by atoms with E-state index in [1.54, 1.807) is 0 Å². The van der Waals surface area contributed by atoms with E-state index in [0.717, 1.165) is 25.7 Å². The molecule has 0 aliphatic rings. The van der Waals surface area contributed by atoms with Gasteiger partial charge in [0.1, 0.15) is 6.61 Å². The quantitative estimate of drug-likeness (QED) is 0.394. The van der Waals surface area contributed by atoms with Crippen LogP contribution in [0.3, 0.4) is 0 Å². The van der Waals surface area contributed by atoms with Gasteiger partial charge in [-0.15, -0.1) is 0 Å². The second kappa shape index (κ2) is 9.67. The zero-order chi connectivity index (χ0) is 14.9. The first-order chi connectivity index (χ1) is 8.76. The monoisotopic (exact) mass is 332 g/mol. The SMILES string of the molecule is CCCCCC[C@H](CC(=O)OCC(Cl)(Cl)Cl)C(=O)O. The van der Waals surface area contributed by atoms with Crippen LogP contribution in [0.15, 0.2) is 0 Å². The van der Waals surface area contributed by atoms with Gasteiger partial charge in [-0.2, -0.15) is 0 Å². The third-order valence-electron chi connectivity index (χ3n) is 2.57. The van der Waals surface area contributed by atoms with Crippen LogP contribution in [0.25, 0.3) is 0 Å². The van der Waals surface area contributed by atoms with Crippen molar-refractivity contribution in [2.75, 3.05) is 6.61 Å². The van der Waals surface area contributed by atoms with Gasteiger partial charge >= 0.3 is 11.9 Å². The van der Waals surface area contributed by atoms with Gasteiger partial charge in [0, 0.05) is 0 Å². The number of halogens is 3. The first kappa shape index (κ1) is 18.8. The fourth-order valence-corrected chi connectivity index (χ4v) is 1.72. The summed E-state index contributed by atoms with van der Waals surface area (Å²) in [5.74, 6) is -2.39. The Hall–Kier alpha value is -0.190. The molecule has 0 spiro atoms. The molecule has 0 bridgehead atoms. The van der Waals surface area contributed by atoms with Gasteiger partial charge in [-0.1, -0.05) is 67.4 Å². The summed E-state index contributed by atoms with van der Waals surface area (Å²) in [6.07, 6.45) is 4.14. The second-order valence-corrected chi connectivity index (χ2v) is 6.88. The number of hydrogen-bond donors (Lipinski definition) is 1. The smallest absolute Gasteiger partial charge is 0.307 e. The van der Waals surface area contributed by atoms with Gasteiger partial charge in [0.05, 0.1) is 12.3 Å². The predicted molar refractivity (Wildman–Crippen MR) is 75.8 cm³/mol. The van der Waals surface area contributed by atoms with E-state index >= 15 is 0 Å². The van der Waals surface area contributed by atoms with E-state index in [0.29, 0.717) is 6.42 Å². The molecule has 0 aromatic carbocycles. The van der Waals surface area contributed by atoms with Gasteiger partial charge < -0.3 is 9.84 Å². The summed E-state index contributed by atoms with van der Waals surface area (Å²) in [7, 11) is 0. The number of carboxylic acids is 1. The lowest BCUT2D eigenvalue weighted by Crippen LogP contribution is -2.22. The highest BCUT2D eigenvalue weighted by atomic mass is 35.6. The summed E-state index contributed by atoms with van der Waals surface area (Å²) in [5, 5.41) is 9.02. The number of carbonyl (C=O) groups is 2. The molecule has 0 heterocycles. The van der Waals surface area contributed by atoms with Gasteiger partial charge in [-0.25, -0.2) is 0 Å². The highest BCUT2D eigenvalue weighted by Gasteiger charge is 2.25. The van der Waals surface area contributed by atoms with E-state index in [9.17, 15) is 9.59 Å². The lowest BCUT2D eigenvalue weighted by molar-refractivity contribution is -0.151. The third kappa shape index (κ3) is 11.3. The second-order valence-electron chi connectivity index (χ2n) is 4.36. The molecule has 0 aromatic heterocycles. The van der Waals surface area contributed by atoms with Crippen molar-refractivity contribution in [2.45, 2.75) is 49.2 Å². The van der Waals surface area contributed by atoms with Crippen molar-refractivity contribution in [3.8, 4) is 0 Å². The number of esters is 1. The average molecular weight is 334 g/mol. The molecule has 0 rings (SSSR count). The minimum Gasteiger partial charge on any atom is -0.481 e. The predicted octanol–water partition coefficient (Wildman–Crippen LogP) is 3.96. The molecule has 0 saturated carbocycles. The Morgan fingerprint density at radius 2 is 1.84 bits per heavy atom. The highest BCUT2D eigenvalue weighted by Crippen LogP contribution is 2.26. The Morgan fingerprint density at radius 1 is 1.21 bits per heavy atom. The summed E-state index contributed by atoms with van der Waals surface area (Å²) in [4.78, 5) is 22.4. The molecule has 0 fully saturated rings. The zero-order valence-electron chi connectivity index (χ0n) is 10.8. The Kier molecular flexibility index (Phi) is 9.58. The van der Waals surface area contributed by atoms with Crippen LogP contribution in [0.1, 0.15) is 45.4 Å². The first-order valence-electron chi connectivity index (χ1n) is 6.21. The molecule has 0 aromatic rings. The standard InChI is InChI=1S/C12H19Cl3O4/c1-2-3-4-5-6-9(11(17)18)7-10(16)19-8-12(13,14)15/h9H,2-8H2,1H3,(H,17,18)/t9-/m1/s1. The fraction of sp³-hybridized carbons (Fsp3) is 0.833. The first-order valence-corrected chi connectivity index (χ1v) is 7.34. The number of unbranched alkanes of at least 4 members (excludes halogenated alkanes) is 3. The van der Waals surface area contributed by atoms with Crippen molar-refractivity contribution in [1.82, 2.24) is 0 Å². The molecule has 0 amide bonds. The number of carbonyl (C=O) groups excluding carboxylic acids is 1. The summed E-state index contributed by atoms with van der Waals surface area (Å²) in [6.45, 7) is 1.70. The number of ether oxygens (including phenoxy) is 1. The molecular formula is C12H19Cl3O4. The molecule has 4 nitrogen and oxygen atoms in total. The molecule has 0 saturated heterocycles. The van der Waals surface area contributed by atoms with E-state index in [-0.39, 0.29) is 13.0 Å². The van der Waals surface area contributed by atoms with Crippen molar-refractivity contribution in [2.24, 2.45) is 5.92 Å². The summed E-state index contributed by atoms with van der Waals surface area (Å²) in [6, 6.07) is 0. The third-order valence-corrected chi connectivity index (χ3v) is 2.89.